The monoisotopic (exact) mass is 455 g/mol. The van der Waals surface area contributed by atoms with Crippen molar-refractivity contribution in [2.75, 3.05) is 5.73 Å². The summed E-state index contributed by atoms with van der Waals surface area (Å²) in [5.41, 5.74) is 10.6. The topological polar surface area (TPSA) is 120 Å². The number of nitrogens with one attached hydrogen (secondary N) is 1. The Bertz CT molecular complexity index is 1260. The predicted octanol–water partition coefficient (Wildman–Crippen LogP) is 3.25. The summed E-state index contributed by atoms with van der Waals surface area (Å²) in [7, 11) is -4.20. The number of hydrogen-bond donors (Lipinski definition) is 2. The van der Waals surface area contributed by atoms with Gasteiger partial charge in [0.2, 0.25) is 0 Å². The number of nitrogens with zero attached hydrogens (tertiary/aromatic N) is 3. The van der Waals surface area contributed by atoms with Crippen LogP contribution < -0.4 is 10.5 Å². The lowest BCUT2D eigenvalue weighted by Gasteiger charge is -2.15. The second-order valence-electron chi connectivity index (χ2n) is 9.02. The zero-order valence-electron chi connectivity index (χ0n) is 19.2. The van der Waals surface area contributed by atoms with E-state index in [2.05, 4.69) is 26.9 Å². The highest BCUT2D eigenvalue weighted by atomic mass is 32.2. The van der Waals surface area contributed by atoms with E-state index in [-0.39, 0.29) is 21.8 Å². The van der Waals surface area contributed by atoms with E-state index in [0.717, 1.165) is 22.3 Å². The van der Waals surface area contributed by atoms with Crippen LogP contribution in [0.2, 0.25) is 0 Å². The van der Waals surface area contributed by atoms with Gasteiger partial charge in [0.05, 0.1) is 12.2 Å². The first kappa shape index (κ1) is 23.5. The molecule has 3 N–H and O–H groups in total. The lowest BCUT2D eigenvalue weighted by atomic mass is 9.92. The Kier molecular flexibility index (Phi) is 6.15. The first-order valence-corrected chi connectivity index (χ1v) is 11.7. The lowest BCUT2D eigenvalue weighted by molar-refractivity contribution is 0.0971. The minimum Gasteiger partial charge on any atom is -0.383 e. The van der Waals surface area contributed by atoms with Gasteiger partial charge in [-0.15, -0.1) is 0 Å². The molecular formula is C23H29N5O3S. The molecule has 8 nitrogen and oxygen atoms in total. The molecule has 2 heterocycles. The molecule has 1 amide bonds. The van der Waals surface area contributed by atoms with Crippen LogP contribution in [0, 0.1) is 20.8 Å². The van der Waals surface area contributed by atoms with E-state index in [4.69, 9.17) is 5.73 Å². The number of nitrogen functional groups attached to an aromatic ring is 1. The molecule has 32 heavy (non-hydrogen) atoms. The number of carbonyl (C=O) groups is 1. The van der Waals surface area contributed by atoms with Crippen molar-refractivity contribution >= 4 is 21.7 Å². The molecular weight excluding hydrogens is 426 g/mol. The number of nitrogens with two attached hydrogens (primary N) is 1. The molecule has 0 unspecified atom stereocenters. The van der Waals surface area contributed by atoms with Gasteiger partial charge in [-0.05, 0) is 55.7 Å². The minimum absolute atomic E-state index is 0.153. The van der Waals surface area contributed by atoms with Crippen LogP contribution in [0.1, 0.15) is 59.2 Å². The van der Waals surface area contributed by atoms with Crippen molar-refractivity contribution in [1.29, 1.82) is 0 Å². The molecule has 0 aliphatic carbocycles. The van der Waals surface area contributed by atoms with E-state index in [1.165, 1.54) is 18.3 Å². The number of amides is 1. The Balaban J connectivity index is 2.03. The van der Waals surface area contributed by atoms with Crippen LogP contribution >= 0.6 is 0 Å². The van der Waals surface area contributed by atoms with E-state index in [1.807, 2.05) is 41.5 Å². The Morgan fingerprint density at radius 1 is 1.12 bits per heavy atom. The highest BCUT2D eigenvalue weighted by molar-refractivity contribution is 7.90. The van der Waals surface area contributed by atoms with Crippen LogP contribution in [0.4, 0.5) is 5.82 Å². The predicted molar refractivity (Wildman–Crippen MR) is 124 cm³/mol. The highest BCUT2D eigenvalue weighted by Crippen LogP contribution is 2.24. The maximum absolute atomic E-state index is 13.1. The number of carbonyl (C=O) groups excluding carboxylic acids is 1. The first-order valence-electron chi connectivity index (χ1n) is 10.2. The van der Waals surface area contributed by atoms with E-state index in [1.54, 1.807) is 10.7 Å². The van der Waals surface area contributed by atoms with Crippen molar-refractivity contribution in [3.63, 3.8) is 0 Å². The van der Waals surface area contributed by atoms with Crippen LogP contribution in [0.15, 0.2) is 41.4 Å². The molecule has 0 atom stereocenters. The minimum atomic E-state index is -4.20. The number of pyridine rings is 1. The van der Waals surface area contributed by atoms with Gasteiger partial charge in [-0.1, -0.05) is 38.5 Å². The average molecular weight is 456 g/mol. The van der Waals surface area contributed by atoms with Crippen LogP contribution in [0.5, 0.6) is 0 Å². The summed E-state index contributed by atoms with van der Waals surface area (Å²) in [6, 6.07) is 8.53. The second kappa shape index (κ2) is 8.38. The van der Waals surface area contributed by atoms with Crippen molar-refractivity contribution in [2.24, 2.45) is 0 Å². The van der Waals surface area contributed by atoms with Gasteiger partial charge >= 0.3 is 0 Å². The van der Waals surface area contributed by atoms with E-state index in [9.17, 15) is 13.2 Å². The molecule has 0 saturated carbocycles. The van der Waals surface area contributed by atoms with Gasteiger partial charge in [0.25, 0.3) is 15.9 Å². The fraction of sp³-hybridized carbons (Fsp3) is 0.348. The standard InChI is InChI=1S/C23H29N5O3S/c1-14-10-15(2)17(16(3)11-14)13-28-18(12-20(26-28)23(4,5)6)22(29)27-32(30,31)19-8-7-9-25-21(19)24/h7-12H,13H2,1-6H3,(H2,24,25)(H,27,29). The number of hydrogen-bond acceptors (Lipinski definition) is 6. The summed E-state index contributed by atoms with van der Waals surface area (Å²) in [6.45, 7) is 12.3. The summed E-state index contributed by atoms with van der Waals surface area (Å²) in [6.07, 6.45) is 1.38. The zero-order valence-corrected chi connectivity index (χ0v) is 20.0. The molecule has 0 bridgehead atoms. The van der Waals surface area contributed by atoms with Crippen LogP contribution in [-0.2, 0) is 22.0 Å². The molecule has 3 rings (SSSR count). The fourth-order valence-corrected chi connectivity index (χ4v) is 4.60. The number of aryl methyl sites for hydroxylation is 3. The van der Waals surface area contributed by atoms with E-state index in [0.29, 0.717) is 12.2 Å². The Morgan fingerprint density at radius 3 is 2.31 bits per heavy atom. The summed E-state index contributed by atoms with van der Waals surface area (Å²) in [5.74, 6) is -0.957. The lowest BCUT2D eigenvalue weighted by Crippen LogP contribution is -2.33. The van der Waals surface area contributed by atoms with Gasteiger partial charge in [-0.2, -0.15) is 5.10 Å². The molecule has 0 saturated heterocycles. The number of benzene rings is 1. The van der Waals surface area contributed by atoms with Gasteiger partial charge in [-0.3, -0.25) is 9.48 Å². The van der Waals surface area contributed by atoms with Crippen molar-refractivity contribution in [3.05, 3.63) is 70.2 Å². The number of anilines is 1. The molecule has 0 aliphatic rings. The van der Waals surface area contributed by atoms with Crippen molar-refractivity contribution in [2.45, 2.75) is 58.4 Å². The second-order valence-corrected chi connectivity index (χ2v) is 10.7. The van der Waals surface area contributed by atoms with Gasteiger partial charge < -0.3 is 5.73 Å². The summed E-state index contributed by atoms with van der Waals surface area (Å²) >= 11 is 0. The molecule has 1 aromatic carbocycles. The van der Waals surface area contributed by atoms with Gasteiger partial charge in [0.1, 0.15) is 16.4 Å². The van der Waals surface area contributed by atoms with Gasteiger partial charge in [-0.25, -0.2) is 18.1 Å². The SMILES string of the molecule is Cc1cc(C)c(Cn2nc(C(C)(C)C)cc2C(=O)NS(=O)(=O)c2cccnc2N)c(C)c1. The maximum atomic E-state index is 13.1. The van der Waals surface area contributed by atoms with E-state index < -0.39 is 15.9 Å². The highest BCUT2D eigenvalue weighted by Gasteiger charge is 2.27. The van der Waals surface area contributed by atoms with Crippen LogP contribution in [-0.4, -0.2) is 29.1 Å². The maximum Gasteiger partial charge on any atom is 0.283 e. The largest absolute Gasteiger partial charge is 0.383 e. The Labute approximate surface area is 188 Å². The number of aromatic nitrogens is 3. The van der Waals surface area contributed by atoms with Crippen molar-refractivity contribution < 1.29 is 13.2 Å². The first-order chi connectivity index (χ1) is 14.8. The quantitative estimate of drug-likeness (QED) is 0.609. The van der Waals surface area contributed by atoms with Crippen molar-refractivity contribution in [1.82, 2.24) is 19.5 Å². The summed E-state index contributed by atoms with van der Waals surface area (Å²) < 4.78 is 29.2. The molecule has 0 radical (unpaired) electrons. The van der Waals surface area contributed by atoms with Gasteiger partial charge in [0.15, 0.2) is 0 Å². The summed E-state index contributed by atoms with van der Waals surface area (Å²) in [5, 5.41) is 4.65. The molecule has 3 aromatic rings. The Hall–Kier alpha value is -3.20. The smallest absolute Gasteiger partial charge is 0.283 e. The third-order valence-electron chi connectivity index (χ3n) is 5.25. The van der Waals surface area contributed by atoms with Crippen molar-refractivity contribution in [3.8, 4) is 0 Å². The number of sulfonamides is 1. The Morgan fingerprint density at radius 2 is 1.75 bits per heavy atom. The molecule has 170 valence electrons. The van der Waals surface area contributed by atoms with Gasteiger partial charge in [0, 0.05) is 11.6 Å². The average Bonchev–Trinajstić information content (AvgIpc) is 3.09. The molecule has 0 aliphatic heterocycles. The third kappa shape index (κ3) is 4.83. The third-order valence-corrected chi connectivity index (χ3v) is 6.62. The van der Waals surface area contributed by atoms with Crippen LogP contribution in [0.3, 0.4) is 0 Å². The molecule has 0 spiro atoms. The molecule has 2 aromatic heterocycles. The molecule has 9 heteroatoms. The zero-order chi connectivity index (χ0) is 23.8. The van der Waals surface area contributed by atoms with Crippen LogP contribution in [0.25, 0.3) is 0 Å². The normalized spacial score (nSPS) is 12.1. The number of rotatable bonds is 5. The molecule has 0 fully saturated rings. The fourth-order valence-electron chi connectivity index (χ4n) is 3.55. The van der Waals surface area contributed by atoms with E-state index >= 15 is 0 Å². The summed E-state index contributed by atoms with van der Waals surface area (Å²) in [4.78, 5) is 16.6.